The van der Waals surface area contributed by atoms with E-state index in [-0.39, 0.29) is 10.9 Å². The fourth-order valence-electron chi connectivity index (χ4n) is 2.92. The number of nitrogens with zero attached hydrogens (tertiary/aromatic N) is 1. The Morgan fingerprint density at radius 1 is 0.964 bits per heavy atom. The Bertz CT molecular complexity index is 1060. The first kappa shape index (κ1) is 19.6. The fourth-order valence-corrected chi connectivity index (χ4v) is 4.63. The molecule has 2 amide bonds. The highest BCUT2D eigenvalue weighted by molar-refractivity contribution is 7.91. The molecule has 28 heavy (non-hydrogen) atoms. The molecule has 2 N–H and O–H groups in total. The lowest BCUT2D eigenvalue weighted by Crippen LogP contribution is -2.28. The van der Waals surface area contributed by atoms with Crippen LogP contribution >= 0.6 is 0 Å². The van der Waals surface area contributed by atoms with Crippen molar-refractivity contribution in [3.05, 3.63) is 83.7 Å². The Morgan fingerprint density at radius 3 is 2.25 bits per heavy atom. The van der Waals surface area contributed by atoms with Gasteiger partial charge < -0.3 is 10.6 Å². The molecule has 7 heteroatoms. The van der Waals surface area contributed by atoms with Gasteiger partial charge in [0.1, 0.15) is 0 Å². The van der Waals surface area contributed by atoms with Crippen molar-refractivity contribution in [1.29, 1.82) is 0 Å². The molecule has 0 fully saturated rings. The molecule has 0 aliphatic carbocycles. The second-order valence-electron chi connectivity index (χ2n) is 6.42. The number of anilines is 1. The van der Waals surface area contributed by atoms with Crippen molar-refractivity contribution in [2.24, 2.45) is 0 Å². The van der Waals surface area contributed by atoms with Gasteiger partial charge in [0.15, 0.2) is 0 Å². The Kier molecular flexibility index (Phi) is 5.75. The van der Waals surface area contributed by atoms with Crippen molar-refractivity contribution < 1.29 is 13.2 Å². The van der Waals surface area contributed by atoms with Gasteiger partial charge in [-0.3, -0.25) is 4.98 Å². The van der Waals surface area contributed by atoms with Gasteiger partial charge in [0.2, 0.25) is 9.84 Å². The van der Waals surface area contributed by atoms with Crippen LogP contribution in [0.2, 0.25) is 0 Å². The summed E-state index contributed by atoms with van der Waals surface area (Å²) in [5, 5.41) is 5.41. The maximum absolute atomic E-state index is 13.0. The van der Waals surface area contributed by atoms with E-state index in [0.717, 1.165) is 5.56 Å². The number of urea groups is 1. The van der Waals surface area contributed by atoms with E-state index >= 15 is 0 Å². The van der Waals surface area contributed by atoms with Crippen LogP contribution in [-0.2, 0) is 16.4 Å². The molecule has 0 unspecified atom stereocenters. The first-order valence-corrected chi connectivity index (χ1v) is 10.2. The average Bonchev–Trinajstić information content (AvgIpc) is 2.67. The number of hydrogen-bond acceptors (Lipinski definition) is 4. The summed E-state index contributed by atoms with van der Waals surface area (Å²) in [6.45, 7) is 3.91. The molecule has 3 aromatic rings. The van der Waals surface area contributed by atoms with Gasteiger partial charge in [-0.25, -0.2) is 13.2 Å². The number of sulfone groups is 1. The molecular formula is C21H21N3O3S. The van der Waals surface area contributed by atoms with Crippen LogP contribution in [-0.4, -0.2) is 19.4 Å². The Morgan fingerprint density at radius 2 is 1.64 bits per heavy atom. The highest BCUT2D eigenvalue weighted by atomic mass is 32.2. The standard InChI is InChI=1S/C21H21N3O3S/c1-15-5-3-6-16(2)20(15)28(26,27)19-10-8-18(9-11-19)24-21(25)23-14-17-7-4-12-22-13-17/h3-13H,14H2,1-2H3,(H2,23,24,25). The molecule has 0 saturated carbocycles. The van der Waals surface area contributed by atoms with Crippen molar-refractivity contribution in [3.63, 3.8) is 0 Å². The van der Waals surface area contributed by atoms with Crippen molar-refractivity contribution in [1.82, 2.24) is 10.3 Å². The van der Waals surface area contributed by atoms with Crippen LogP contribution in [0.4, 0.5) is 10.5 Å². The van der Waals surface area contributed by atoms with Crippen LogP contribution < -0.4 is 10.6 Å². The van der Waals surface area contributed by atoms with Gasteiger partial charge in [-0.2, -0.15) is 0 Å². The second kappa shape index (κ2) is 8.22. The van der Waals surface area contributed by atoms with E-state index in [9.17, 15) is 13.2 Å². The molecule has 3 rings (SSSR count). The van der Waals surface area contributed by atoms with E-state index in [0.29, 0.717) is 28.3 Å². The first-order chi connectivity index (χ1) is 13.4. The largest absolute Gasteiger partial charge is 0.334 e. The van der Waals surface area contributed by atoms with E-state index in [1.807, 2.05) is 12.1 Å². The number of aromatic nitrogens is 1. The lowest BCUT2D eigenvalue weighted by Gasteiger charge is -2.12. The van der Waals surface area contributed by atoms with Crippen LogP contribution in [0.1, 0.15) is 16.7 Å². The summed E-state index contributed by atoms with van der Waals surface area (Å²) in [7, 11) is -3.63. The molecular weight excluding hydrogens is 374 g/mol. The molecule has 2 aromatic carbocycles. The van der Waals surface area contributed by atoms with Crippen molar-refractivity contribution in [2.45, 2.75) is 30.2 Å². The molecule has 144 valence electrons. The minimum absolute atomic E-state index is 0.186. The van der Waals surface area contributed by atoms with Crippen molar-refractivity contribution in [2.75, 3.05) is 5.32 Å². The van der Waals surface area contributed by atoms with Gasteiger partial charge in [-0.05, 0) is 60.9 Å². The predicted molar refractivity (Wildman–Crippen MR) is 108 cm³/mol. The maximum Gasteiger partial charge on any atom is 0.319 e. The highest BCUT2D eigenvalue weighted by Gasteiger charge is 2.21. The molecule has 0 saturated heterocycles. The molecule has 1 heterocycles. The van der Waals surface area contributed by atoms with E-state index in [4.69, 9.17) is 0 Å². The molecule has 0 radical (unpaired) electrons. The van der Waals surface area contributed by atoms with E-state index in [1.54, 1.807) is 56.6 Å². The third-order valence-electron chi connectivity index (χ3n) is 4.28. The van der Waals surface area contributed by atoms with Gasteiger partial charge in [-0.1, -0.05) is 24.3 Å². The van der Waals surface area contributed by atoms with E-state index in [2.05, 4.69) is 15.6 Å². The second-order valence-corrected chi connectivity index (χ2v) is 8.30. The lowest BCUT2D eigenvalue weighted by atomic mass is 10.2. The Hall–Kier alpha value is -3.19. The number of rotatable bonds is 5. The lowest BCUT2D eigenvalue weighted by molar-refractivity contribution is 0.251. The van der Waals surface area contributed by atoms with Crippen molar-refractivity contribution >= 4 is 21.6 Å². The monoisotopic (exact) mass is 395 g/mol. The van der Waals surface area contributed by atoms with Gasteiger partial charge in [0.05, 0.1) is 9.79 Å². The Balaban J connectivity index is 1.70. The number of hydrogen-bond donors (Lipinski definition) is 2. The van der Waals surface area contributed by atoms with Crippen LogP contribution in [0.25, 0.3) is 0 Å². The number of benzene rings is 2. The Labute approximate surface area is 164 Å². The third kappa shape index (κ3) is 4.37. The quantitative estimate of drug-likeness (QED) is 0.687. The third-order valence-corrected chi connectivity index (χ3v) is 6.35. The number of pyridine rings is 1. The SMILES string of the molecule is Cc1cccc(C)c1S(=O)(=O)c1ccc(NC(=O)NCc2cccnc2)cc1. The molecule has 0 aliphatic heterocycles. The van der Waals surface area contributed by atoms with Gasteiger partial charge in [0, 0.05) is 24.6 Å². The first-order valence-electron chi connectivity index (χ1n) is 8.73. The molecule has 0 bridgehead atoms. The number of amides is 2. The summed E-state index contributed by atoms with van der Waals surface area (Å²) in [6.07, 6.45) is 3.34. The van der Waals surface area contributed by atoms with Crippen LogP contribution in [0.5, 0.6) is 0 Å². The molecule has 0 spiro atoms. The zero-order chi connectivity index (χ0) is 20.1. The normalized spacial score (nSPS) is 11.1. The van der Waals surface area contributed by atoms with E-state index < -0.39 is 9.84 Å². The van der Waals surface area contributed by atoms with Crippen LogP contribution in [0.15, 0.2) is 76.8 Å². The van der Waals surface area contributed by atoms with E-state index in [1.165, 1.54) is 12.1 Å². The maximum atomic E-state index is 13.0. The summed E-state index contributed by atoms with van der Waals surface area (Å²) in [5.74, 6) is 0. The number of nitrogens with one attached hydrogen (secondary N) is 2. The molecule has 0 aliphatic rings. The smallest absolute Gasteiger partial charge is 0.319 e. The summed E-state index contributed by atoms with van der Waals surface area (Å²) >= 11 is 0. The summed E-state index contributed by atoms with van der Waals surface area (Å²) in [6, 6.07) is 14.8. The number of carbonyl (C=O) groups is 1. The summed E-state index contributed by atoms with van der Waals surface area (Å²) < 4.78 is 25.9. The summed E-state index contributed by atoms with van der Waals surface area (Å²) in [4.78, 5) is 16.5. The number of carbonyl (C=O) groups excluding carboxylic acids is 1. The van der Waals surface area contributed by atoms with Gasteiger partial charge in [0.25, 0.3) is 0 Å². The van der Waals surface area contributed by atoms with Gasteiger partial charge in [-0.15, -0.1) is 0 Å². The molecule has 0 atom stereocenters. The molecule has 6 nitrogen and oxygen atoms in total. The zero-order valence-corrected chi connectivity index (χ0v) is 16.5. The van der Waals surface area contributed by atoms with Gasteiger partial charge >= 0.3 is 6.03 Å². The highest BCUT2D eigenvalue weighted by Crippen LogP contribution is 2.27. The minimum Gasteiger partial charge on any atom is -0.334 e. The van der Waals surface area contributed by atoms with Crippen LogP contribution in [0.3, 0.4) is 0 Å². The fraction of sp³-hybridized carbons (Fsp3) is 0.143. The molecule has 1 aromatic heterocycles. The minimum atomic E-state index is -3.63. The predicted octanol–water partition coefficient (Wildman–Crippen LogP) is 3.85. The zero-order valence-electron chi connectivity index (χ0n) is 15.6. The van der Waals surface area contributed by atoms with Crippen molar-refractivity contribution in [3.8, 4) is 0 Å². The topological polar surface area (TPSA) is 88.2 Å². The summed E-state index contributed by atoms with van der Waals surface area (Å²) in [5.41, 5.74) is 2.80. The average molecular weight is 395 g/mol. The number of aryl methyl sites for hydroxylation is 2. The van der Waals surface area contributed by atoms with Crippen LogP contribution in [0, 0.1) is 13.8 Å².